The topological polar surface area (TPSA) is 89.3 Å². The Morgan fingerprint density at radius 2 is 1.61 bits per heavy atom. The Kier molecular flexibility index (Phi) is 5.91. The fraction of sp³-hybridized carbons (Fsp3) is 0.0909. The number of carbonyl (C=O) groups excluding carboxylic acids is 2. The molecule has 6 heteroatoms. The summed E-state index contributed by atoms with van der Waals surface area (Å²) in [6.07, 6.45) is -0.0178. The van der Waals surface area contributed by atoms with Crippen LogP contribution in [0.25, 0.3) is 0 Å². The van der Waals surface area contributed by atoms with Gasteiger partial charge in [0.1, 0.15) is 0 Å². The summed E-state index contributed by atoms with van der Waals surface area (Å²) in [5.41, 5.74) is 2.07. The third-order valence-corrected chi connectivity index (χ3v) is 4.29. The molecule has 3 aromatic rings. The van der Waals surface area contributed by atoms with Gasteiger partial charge in [0.05, 0.1) is 4.92 Å². The molecule has 3 aromatic carbocycles. The maximum absolute atomic E-state index is 12.6. The number of nitrogens with one attached hydrogen (secondary N) is 1. The highest BCUT2D eigenvalue weighted by molar-refractivity contribution is 6.01. The molecule has 0 aromatic heterocycles. The molecule has 6 nitrogen and oxygen atoms in total. The zero-order valence-corrected chi connectivity index (χ0v) is 15.0. The van der Waals surface area contributed by atoms with Gasteiger partial charge < -0.3 is 5.32 Å². The number of Topliss-reactive ketones (excluding diaryl/α,β-unsaturated/α-hetero) is 1. The van der Waals surface area contributed by atoms with E-state index in [9.17, 15) is 19.7 Å². The van der Waals surface area contributed by atoms with Crippen molar-refractivity contribution in [2.45, 2.75) is 13.0 Å². The molecule has 0 unspecified atom stereocenters. The van der Waals surface area contributed by atoms with E-state index in [2.05, 4.69) is 5.32 Å². The van der Waals surface area contributed by atoms with Crippen molar-refractivity contribution >= 4 is 17.4 Å². The van der Waals surface area contributed by atoms with Crippen LogP contribution in [-0.2, 0) is 13.0 Å². The summed E-state index contributed by atoms with van der Waals surface area (Å²) in [6, 6.07) is 22.0. The minimum atomic E-state index is -0.540. The van der Waals surface area contributed by atoms with Crippen LogP contribution in [0.2, 0.25) is 0 Å². The number of nitro groups is 1. The largest absolute Gasteiger partial charge is 0.348 e. The highest BCUT2D eigenvalue weighted by atomic mass is 16.6. The molecule has 28 heavy (non-hydrogen) atoms. The van der Waals surface area contributed by atoms with Crippen LogP contribution in [0.3, 0.4) is 0 Å². The average molecular weight is 374 g/mol. The van der Waals surface area contributed by atoms with Gasteiger partial charge in [0.25, 0.3) is 11.6 Å². The summed E-state index contributed by atoms with van der Waals surface area (Å²) >= 11 is 0. The van der Waals surface area contributed by atoms with Gasteiger partial charge in [0.2, 0.25) is 0 Å². The number of nitrogens with zero attached hydrogens (tertiary/aromatic N) is 1. The standard InChI is InChI=1S/C22H18N2O4/c25-21(18-10-6-11-19(13-18)24(27)28)14-17-9-4-5-12-20(17)22(26)23-15-16-7-2-1-3-8-16/h1-13H,14-15H2,(H,23,26). The normalized spacial score (nSPS) is 10.3. The third-order valence-electron chi connectivity index (χ3n) is 4.29. The van der Waals surface area contributed by atoms with E-state index in [4.69, 9.17) is 0 Å². The van der Waals surface area contributed by atoms with Crippen molar-refractivity contribution in [3.8, 4) is 0 Å². The number of benzene rings is 3. The van der Waals surface area contributed by atoms with Gasteiger partial charge >= 0.3 is 0 Å². The molecular weight excluding hydrogens is 356 g/mol. The van der Waals surface area contributed by atoms with E-state index in [0.29, 0.717) is 17.7 Å². The molecule has 3 rings (SSSR count). The summed E-state index contributed by atoms with van der Waals surface area (Å²) in [6.45, 7) is 0.382. The molecule has 0 saturated heterocycles. The Morgan fingerprint density at radius 1 is 0.893 bits per heavy atom. The lowest BCUT2D eigenvalue weighted by Gasteiger charge is -2.10. The Balaban J connectivity index is 1.74. The number of hydrogen-bond acceptors (Lipinski definition) is 4. The van der Waals surface area contributed by atoms with Crippen molar-refractivity contribution in [2.75, 3.05) is 0 Å². The molecule has 1 N–H and O–H groups in total. The van der Waals surface area contributed by atoms with Gasteiger partial charge in [-0.25, -0.2) is 0 Å². The van der Waals surface area contributed by atoms with Crippen LogP contribution in [0.5, 0.6) is 0 Å². The number of amides is 1. The summed E-state index contributed by atoms with van der Waals surface area (Å²) < 4.78 is 0. The second-order valence-corrected chi connectivity index (χ2v) is 6.23. The van der Waals surface area contributed by atoms with Gasteiger partial charge in [0.15, 0.2) is 5.78 Å². The molecule has 0 aliphatic rings. The molecule has 0 bridgehead atoms. The third kappa shape index (κ3) is 4.67. The number of hydrogen-bond donors (Lipinski definition) is 1. The molecule has 0 aliphatic heterocycles. The second-order valence-electron chi connectivity index (χ2n) is 6.23. The Morgan fingerprint density at radius 3 is 2.36 bits per heavy atom. The predicted octanol–water partition coefficient (Wildman–Crippen LogP) is 3.95. The van der Waals surface area contributed by atoms with E-state index in [1.165, 1.54) is 24.3 Å². The van der Waals surface area contributed by atoms with E-state index in [0.717, 1.165) is 5.56 Å². The van der Waals surface area contributed by atoms with Crippen LogP contribution in [0, 0.1) is 10.1 Å². The first kappa shape index (κ1) is 19.0. The molecule has 1 amide bonds. The van der Waals surface area contributed by atoms with E-state index < -0.39 is 4.92 Å². The van der Waals surface area contributed by atoms with Crippen LogP contribution in [0.15, 0.2) is 78.9 Å². The zero-order chi connectivity index (χ0) is 19.9. The van der Waals surface area contributed by atoms with Gasteiger partial charge in [-0.05, 0) is 17.2 Å². The SMILES string of the molecule is O=C(Cc1ccccc1C(=O)NCc1ccccc1)c1cccc([N+](=O)[O-])c1. The van der Waals surface area contributed by atoms with Crippen LogP contribution in [-0.4, -0.2) is 16.6 Å². The fourth-order valence-electron chi connectivity index (χ4n) is 2.84. The van der Waals surface area contributed by atoms with Crippen LogP contribution in [0.4, 0.5) is 5.69 Å². The monoisotopic (exact) mass is 374 g/mol. The van der Waals surface area contributed by atoms with Crippen molar-refractivity contribution in [3.05, 3.63) is 111 Å². The van der Waals surface area contributed by atoms with Gasteiger partial charge in [-0.3, -0.25) is 19.7 Å². The quantitative estimate of drug-likeness (QED) is 0.385. The second kappa shape index (κ2) is 8.73. The van der Waals surface area contributed by atoms with Crippen LogP contribution < -0.4 is 5.32 Å². The average Bonchev–Trinajstić information content (AvgIpc) is 2.73. The molecule has 0 spiro atoms. The van der Waals surface area contributed by atoms with Crippen molar-refractivity contribution in [3.63, 3.8) is 0 Å². The zero-order valence-electron chi connectivity index (χ0n) is 15.0. The molecule has 0 heterocycles. The summed E-state index contributed by atoms with van der Waals surface area (Å²) in [4.78, 5) is 35.5. The van der Waals surface area contributed by atoms with Crippen molar-refractivity contribution in [2.24, 2.45) is 0 Å². The van der Waals surface area contributed by atoms with E-state index in [1.807, 2.05) is 30.3 Å². The first-order valence-electron chi connectivity index (χ1n) is 8.72. The molecule has 0 aliphatic carbocycles. The minimum absolute atomic E-state index is 0.0178. The highest BCUT2D eigenvalue weighted by Crippen LogP contribution is 2.17. The number of carbonyl (C=O) groups is 2. The van der Waals surface area contributed by atoms with E-state index >= 15 is 0 Å². The van der Waals surface area contributed by atoms with Gasteiger partial charge in [-0.2, -0.15) is 0 Å². The predicted molar refractivity (Wildman–Crippen MR) is 105 cm³/mol. The maximum Gasteiger partial charge on any atom is 0.270 e. The lowest BCUT2D eigenvalue weighted by atomic mass is 9.98. The van der Waals surface area contributed by atoms with E-state index in [-0.39, 0.29) is 29.4 Å². The highest BCUT2D eigenvalue weighted by Gasteiger charge is 2.16. The Labute approximate surface area is 162 Å². The Hall–Kier alpha value is -3.80. The molecule has 0 fully saturated rings. The fourth-order valence-corrected chi connectivity index (χ4v) is 2.84. The summed E-state index contributed by atoms with van der Waals surface area (Å²) in [5, 5.41) is 13.8. The number of nitro benzene ring substituents is 1. The smallest absolute Gasteiger partial charge is 0.270 e. The minimum Gasteiger partial charge on any atom is -0.348 e. The maximum atomic E-state index is 12.6. The number of rotatable bonds is 7. The first-order chi connectivity index (χ1) is 13.5. The number of ketones is 1. The first-order valence-corrected chi connectivity index (χ1v) is 8.72. The van der Waals surface area contributed by atoms with Gasteiger partial charge in [-0.15, -0.1) is 0 Å². The van der Waals surface area contributed by atoms with Crippen LogP contribution in [0.1, 0.15) is 31.8 Å². The molecular formula is C22H18N2O4. The molecule has 0 atom stereocenters. The molecule has 140 valence electrons. The summed E-state index contributed by atoms with van der Waals surface area (Å²) in [5.74, 6) is -0.557. The van der Waals surface area contributed by atoms with Gasteiger partial charge in [-0.1, -0.05) is 60.7 Å². The van der Waals surface area contributed by atoms with Crippen molar-refractivity contribution < 1.29 is 14.5 Å². The summed E-state index contributed by atoms with van der Waals surface area (Å²) in [7, 11) is 0. The lowest BCUT2D eigenvalue weighted by molar-refractivity contribution is -0.384. The molecule has 0 saturated carbocycles. The Bertz CT molecular complexity index is 1020. The lowest BCUT2D eigenvalue weighted by Crippen LogP contribution is -2.24. The van der Waals surface area contributed by atoms with Gasteiger partial charge in [0, 0.05) is 36.2 Å². The van der Waals surface area contributed by atoms with Crippen molar-refractivity contribution in [1.29, 1.82) is 0 Å². The number of non-ortho nitro benzene ring substituents is 1. The molecule has 0 radical (unpaired) electrons. The van der Waals surface area contributed by atoms with Crippen LogP contribution >= 0.6 is 0 Å². The van der Waals surface area contributed by atoms with Crippen molar-refractivity contribution in [1.82, 2.24) is 5.32 Å². The van der Waals surface area contributed by atoms with E-state index in [1.54, 1.807) is 24.3 Å².